The number of nitrogens with zero attached hydrogens (tertiary/aromatic N) is 1. The van der Waals surface area contributed by atoms with Gasteiger partial charge in [-0.3, -0.25) is 9.89 Å². The minimum atomic E-state index is -0.158. The number of hydrogen-bond donors (Lipinski definition) is 2. The zero-order chi connectivity index (χ0) is 15.8. The average molecular weight is 366 g/mol. The van der Waals surface area contributed by atoms with Gasteiger partial charge in [0.15, 0.2) is 0 Å². The van der Waals surface area contributed by atoms with Crippen LogP contribution in [0.15, 0.2) is 69.9 Å². The number of H-pyrrole nitrogens is 2. The second-order valence-corrected chi connectivity index (χ2v) is 5.99. The molecule has 0 saturated heterocycles. The first kappa shape index (κ1) is 14.0. The van der Waals surface area contributed by atoms with Crippen LogP contribution in [0.5, 0.6) is 0 Å². The summed E-state index contributed by atoms with van der Waals surface area (Å²) in [4.78, 5) is 15.6. The molecule has 112 valence electrons. The van der Waals surface area contributed by atoms with E-state index in [1.165, 1.54) is 0 Å². The number of pyridine rings is 1. The van der Waals surface area contributed by atoms with E-state index in [2.05, 4.69) is 31.1 Å². The van der Waals surface area contributed by atoms with Crippen molar-refractivity contribution in [2.24, 2.45) is 0 Å². The van der Waals surface area contributed by atoms with E-state index in [1.54, 1.807) is 0 Å². The van der Waals surface area contributed by atoms with E-state index < -0.39 is 0 Å². The maximum atomic E-state index is 12.6. The number of fused-ring (bicyclic) bond motifs is 1. The zero-order valence-corrected chi connectivity index (χ0v) is 13.6. The minimum Gasteiger partial charge on any atom is -0.320 e. The third-order valence-corrected chi connectivity index (χ3v) is 4.57. The summed E-state index contributed by atoms with van der Waals surface area (Å²) in [6.07, 6.45) is 0. The van der Waals surface area contributed by atoms with Crippen LogP contribution < -0.4 is 5.56 Å². The molecule has 4 nitrogen and oxygen atoms in total. The topological polar surface area (TPSA) is 61.5 Å². The summed E-state index contributed by atoms with van der Waals surface area (Å²) in [5, 5.41) is 7.89. The first-order chi connectivity index (χ1) is 11.3. The lowest BCUT2D eigenvalue weighted by Gasteiger charge is -2.05. The Morgan fingerprint density at radius 1 is 0.870 bits per heavy atom. The van der Waals surface area contributed by atoms with Gasteiger partial charge in [0.2, 0.25) is 0 Å². The van der Waals surface area contributed by atoms with Crippen LogP contribution >= 0.6 is 15.9 Å². The van der Waals surface area contributed by atoms with Gasteiger partial charge in [0, 0.05) is 5.56 Å². The van der Waals surface area contributed by atoms with Gasteiger partial charge in [-0.05, 0) is 21.5 Å². The monoisotopic (exact) mass is 365 g/mol. The van der Waals surface area contributed by atoms with Crippen LogP contribution in [0.1, 0.15) is 0 Å². The van der Waals surface area contributed by atoms with E-state index in [-0.39, 0.29) is 5.56 Å². The van der Waals surface area contributed by atoms with E-state index in [0.29, 0.717) is 16.6 Å². The zero-order valence-electron chi connectivity index (χ0n) is 12.0. The molecule has 0 unspecified atom stereocenters. The summed E-state index contributed by atoms with van der Waals surface area (Å²) in [7, 11) is 0. The van der Waals surface area contributed by atoms with Gasteiger partial charge in [-0.2, -0.15) is 5.10 Å². The lowest BCUT2D eigenvalue weighted by Crippen LogP contribution is -2.08. The van der Waals surface area contributed by atoms with Crippen LogP contribution in [-0.2, 0) is 0 Å². The SMILES string of the molecule is O=c1[nH]c(-c2ccccc2)c(Br)c2[nH]nc(-c3ccccc3)c12. The molecule has 4 aromatic rings. The molecule has 0 bridgehead atoms. The molecular formula is C18H12BrN3O. The second-order valence-electron chi connectivity index (χ2n) is 5.20. The average Bonchev–Trinajstić information content (AvgIpc) is 3.06. The Hall–Kier alpha value is -2.66. The van der Waals surface area contributed by atoms with Crippen molar-refractivity contribution < 1.29 is 0 Å². The summed E-state index contributed by atoms with van der Waals surface area (Å²) in [6.45, 7) is 0. The maximum Gasteiger partial charge on any atom is 0.260 e. The highest BCUT2D eigenvalue weighted by Gasteiger charge is 2.17. The molecule has 0 aliphatic carbocycles. The molecule has 2 N–H and O–H groups in total. The van der Waals surface area contributed by atoms with Gasteiger partial charge in [-0.1, -0.05) is 60.7 Å². The fourth-order valence-corrected chi connectivity index (χ4v) is 3.30. The molecule has 2 aromatic heterocycles. The summed E-state index contributed by atoms with van der Waals surface area (Å²) >= 11 is 3.60. The highest BCUT2D eigenvalue weighted by molar-refractivity contribution is 9.10. The third-order valence-electron chi connectivity index (χ3n) is 3.78. The van der Waals surface area contributed by atoms with Gasteiger partial charge >= 0.3 is 0 Å². The normalized spacial score (nSPS) is 11.0. The molecule has 0 aliphatic heterocycles. The highest BCUT2D eigenvalue weighted by Crippen LogP contribution is 2.33. The minimum absolute atomic E-state index is 0.158. The molecule has 0 saturated carbocycles. The lowest BCUT2D eigenvalue weighted by atomic mass is 10.1. The van der Waals surface area contributed by atoms with Crippen LogP contribution in [0, 0.1) is 0 Å². The first-order valence-corrected chi connectivity index (χ1v) is 7.95. The van der Waals surface area contributed by atoms with Crippen molar-refractivity contribution >= 4 is 26.8 Å². The third kappa shape index (κ3) is 2.29. The van der Waals surface area contributed by atoms with Crippen LogP contribution in [0.25, 0.3) is 33.4 Å². The largest absolute Gasteiger partial charge is 0.320 e. The fourth-order valence-electron chi connectivity index (χ4n) is 2.69. The maximum absolute atomic E-state index is 12.6. The summed E-state index contributed by atoms with van der Waals surface area (Å²) in [5.74, 6) is 0. The smallest absolute Gasteiger partial charge is 0.260 e. The van der Waals surface area contributed by atoms with Gasteiger partial charge in [-0.25, -0.2) is 0 Å². The molecule has 0 amide bonds. The van der Waals surface area contributed by atoms with Crippen molar-refractivity contribution in [1.82, 2.24) is 15.2 Å². The van der Waals surface area contributed by atoms with Crippen molar-refractivity contribution in [3.05, 3.63) is 75.5 Å². The Labute approximate surface area is 140 Å². The summed E-state index contributed by atoms with van der Waals surface area (Å²) in [6, 6.07) is 19.4. The predicted octanol–water partition coefficient (Wildman–Crippen LogP) is 4.35. The molecule has 23 heavy (non-hydrogen) atoms. The lowest BCUT2D eigenvalue weighted by molar-refractivity contribution is 1.12. The first-order valence-electron chi connectivity index (χ1n) is 7.16. The number of halogens is 1. The van der Waals surface area contributed by atoms with E-state index in [0.717, 1.165) is 21.3 Å². The summed E-state index contributed by atoms with van der Waals surface area (Å²) in [5.41, 5.74) is 3.78. The van der Waals surface area contributed by atoms with Crippen molar-refractivity contribution in [3.8, 4) is 22.5 Å². The highest BCUT2D eigenvalue weighted by atomic mass is 79.9. The van der Waals surface area contributed by atoms with Crippen molar-refractivity contribution in [1.29, 1.82) is 0 Å². The van der Waals surface area contributed by atoms with Gasteiger partial charge in [0.05, 0.1) is 21.1 Å². The molecule has 0 radical (unpaired) electrons. The molecular weight excluding hydrogens is 354 g/mol. The number of benzene rings is 2. The standard InChI is InChI=1S/C18H12BrN3O/c19-14-16(12-9-5-2-6-10-12)20-18(23)13-15(21-22-17(13)14)11-7-3-1-4-8-11/h1-10H,(H,20,23)(H,21,22). The van der Waals surface area contributed by atoms with E-state index in [1.807, 2.05) is 60.7 Å². The van der Waals surface area contributed by atoms with Crippen LogP contribution in [0.4, 0.5) is 0 Å². The Morgan fingerprint density at radius 3 is 2.13 bits per heavy atom. The Kier molecular flexibility index (Phi) is 3.35. The van der Waals surface area contributed by atoms with Gasteiger partial charge in [0.25, 0.3) is 5.56 Å². The van der Waals surface area contributed by atoms with Crippen molar-refractivity contribution in [2.45, 2.75) is 0 Å². The van der Waals surface area contributed by atoms with Crippen molar-refractivity contribution in [3.63, 3.8) is 0 Å². The van der Waals surface area contributed by atoms with Crippen molar-refractivity contribution in [2.75, 3.05) is 0 Å². The number of aromatic nitrogens is 3. The van der Waals surface area contributed by atoms with Gasteiger partial charge in [0.1, 0.15) is 5.69 Å². The molecule has 0 aliphatic rings. The molecule has 0 atom stereocenters. The second kappa shape index (κ2) is 5.52. The van der Waals surface area contributed by atoms with Gasteiger partial charge in [-0.15, -0.1) is 0 Å². The molecule has 0 fully saturated rings. The van der Waals surface area contributed by atoms with E-state index in [9.17, 15) is 4.79 Å². The van der Waals surface area contributed by atoms with Crippen LogP contribution in [0.2, 0.25) is 0 Å². The number of hydrogen-bond acceptors (Lipinski definition) is 2. The molecule has 2 heterocycles. The Bertz CT molecular complexity index is 1040. The van der Waals surface area contributed by atoms with E-state index >= 15 is 0 Å². The molecule has 5 heteroatoms. The molecule has 0 spiro atoms. The van der Waals surface area contributed by atoms with E-state index in [4.69, 9.17) is 0 Å². The Balaban J connectivity index is 2.01. The fraction of sp³-hybridized carbons (Fsp3) is 0. The molecule has 2 aromatic carbocycles. The Morgan fingerprint density at radius 2 is 1.48 bits per heavy atom. The van der Waals surface area contributed by atoms with Crippen LogP contribution in [-0.4, -0.2) is 15.2 Å². The predicted molar refractivity (Wildman–Crippen MR) is 95.3 cm³/mol. The number of nitrogens with one attached hydrogen (secondary N) is 2. The molecule has 4 rings (SSSR count). The van der Waals surface area contributed by atoms with Gasteiger partial charge < -0.3 is 4.98 Å². The number of rotatable bonds is 2. The quantitative estimate of drug-likeness (QED) is 0.554. The van der Waals surface area contributed by atoms with Crippen LogP contribution in [0.3, 0.4) is 0 Å². The summed E-state index contributed by atoms with van der Waals surface area (Å²) < 4.78 is 0.799. The number of aromatic amines is 2.